The predicted octanol–water partition coefficient (Wildman–Crippen LogP) is 2.95. The molecule has 1 atom stereocenters. The van der Waals surface area contributed by atoms with E-state index in [9.17, 15) is 8.78 Å². The summed E-state index contributed by atoms with van der Waals surface area (Å²) in [6.07, 6.45) is 4.34. The van der Waals surface area contributed by atoms with E-state index in [0.717, 1.165) is 38.8 Å². The van der Waals surface area contributed by atoms with Crippen molar-refractivity contribution in [3.05, 3.63) is 36.2 Å². The fourth-order valence-corrected chi connectivity index (χ4v) is 3.27. The molecule has 1 aliphatic heterocycles. The zero-order valence-electron chi connectivity index (χ0n) is 14.5. The van der Waals surface area contributed by atoms with Crippen molar-refractivity contribution < 1.29 is 18.3 Å². The van der Waals surface area contributed by atoms with Crippen LogP contribution in [-0.2, 0) is 11.3 Å². The standard InChI is InChI=1S/C18H23F2N3O2/c1-3-13(22-8-10-25-11-9-22)12-23-7-6-21-18(23)16-15(24-2)5-4-14(19)17(16)20/h4-7,13H,3,8-12H2,1-2H3/t13-/m1/s1. The summed E-state index contributed by atoms with van der Waals surface area (Å²) in [4.78, 5) is 6.63. The molecule has 1 aromatic carbocycles. The maximum atomic E-state index is 14.4. The van der Waals surface area contributed by atoms with Crippen LogP contribution in [0.5, 0.6) is 5.75 Å². The van der Waals surface area contributed by atoms with E-state index in [1.807, 2.05) is 4.57 Å². The summed E-state index contributed by atoms with van der Waals surface area (Å²) in [6.45, 7) is 5.96. The average molecular weight is 351 g/mol. The molecule has 5 nitrogen and oxygen atoms in total. The predicted molar refractivity (Wildman–Crippen MR) is 90.6 cm³/mol. The van der Waals surface area contributed by atoms with Crippen molar-refractivity contribution >= 4 is 0 Å². The molecule has 136 valence electrons. The molecule has 7 heteroatoms. The zero-order valence-corrected chi connectivity index (χ0v) is 14.5. The van der Waals surface area contributed by atoms with Crippen LogP contribution in [0.15, 0.2) is 24.5 Å². The molecule has 0 aliphatic carbocycles. The lowest BCUT2D eigenvalue weighted by Crippen LogP contribution is -2.45. The molecule has 0 spiro atoms. The highest BCUT2D eigenvalue weighted by Gasteiger charge is 2.24. The van der Waals surface area contributed by atoms with Gasteiger partial charge >= 0.3 is 0 Å². The molecule has 0 amide bonds. The van der Waals surface area contributed by atoms with Crippen LogP contribution in [0.1, 0.15) is 13.3 Å². The number of morpholine rings is 1. The van der Waals surface area contributed by atoms with Gasteiger partial charge in [0.05, 0.1) is 25.9 Å². The number of aromatic nitrogens is 2. The lowest BCUT2D eigenvalue weighted by molar-refractivity contribution is 0.0121. The van der Waals surface area contributed by atoms with Crippen molar-refractivity contribution in [3.8, 4) is 17.1 Å². The van der Waals surface area contributed by atoms with Crippen molar-refractivity contribution in [2.45, 2.75) is 25.9 Å². The van der Waals surface area contributed by atoms with Gasteiger partial charge in [0.25, 0.3) is 0 Å². The molecule has 25 heavy (non-hydrogen) atoms. The monoisotopic (exact) mass is 351 g/mol. The van der Waals surface area contributed by atoms with E-state index >= 15 is 0 Å². The van der Waals surface area contributed by atoms with Crippen LogP contribution in [0.25, 0.3) is 11.4 Å². The van der Waals surface area contributed by atoms with Crippen LogP contribution < -0.4 is 4.74 Å². The lowest BCUT2D eigenvalue weighted by Gasteiger charge is -2.34. The third-order valence-electron chi connectivity index (χ3n) is 4.66. The average Bonchev–Trinajstić information content (AvgIpc) is 3.10. The van der Waals surface area contributed by atoms with Crippen LogP contribution in [0.4, 0.5) is 8.78 Å². The van der Waals surface area contributed by atoms with Gasteiger partial charge in [-0.05, 0) is 18.6 Å². The first-order chi connectivity index (χ1) is 12.2. The van der Waals surface area contributed by atoms with Crippen molar-refractivity contribution in [2.75, 3.05) is 33.4 Å². The number of benzene rings is 1. The third kappa shape index (κ3) is 3.67. The second-order valence-electron chi connectivity index (χ2n) is 6.05. The Morgan fingerprint density at radius 3 is 2.72 bits per heavy atom. The molecule has 0 saturated carbocycles. The van der Waals surface area contributed by atoms with Gasteiger partial charge in [0.1, 0.15) is 11.6 Å². The molecule has 0 radical (unpaired) electrons. The van der Waals surface area contributed by atoms with Crippen LogP contribution in [0.3, 0.4) is 0 Å². The number of nitrogens with zero attached hydrogens (tertiary/aromatic N) is 3. The normalized spacial score (nSPS) is 16.8. The van der Waals surface area contributed by atoms with E-state index in [1.54, 1.807) is 12.4 Å². The summed E-state index contributed by atoms with van der Waals surface area (Å²) in [5.41, 5.74) is 0.0596. The first-order valence-corrected chi connectivity index (χ1v) is 8.51. The number of halogens is 2. The SMILES string of the molecule is CC[C@H](Cn1ccnc1-c1c(OC)ccc(F)c1F)N1CCOCC1. The molecule has 0 unspecified atom stereocenters. The zero-order chi connectivity index (χ0) is 17.8. The summed E-state index contributed by atoms with van der Waals surface area (Å²) in [5, 5.41) is 0. The first kappa shape index (κ1) is 17.8. The number of hydrogen-bond acceptors (Lipinski definition) is 4. The van der Waals surface area contributed by atoms with Crippen LogP contribution >= 0.6 is 0 Å². The smallest absolute Gasteiger partial charge is 0.173 e. The lowest BCUT2D eigenvalue weighted by atomic mass is 10.1. The quantitative estimate of drug-likeness (QED) is 0.802. The Balaban J connectivity index is 1.92. The minimum Gasteiger partial charge on any atom is -0.496 e. The molecule has 1 fully saturated rings. The number of ether oxygens (including phenoxy) is 2. The fraction of sp³-hybridized carbons (Fsp3) is 0.500. The minimum absolute atomic E-state index is 0.0596. The van der Waals surface area contributed by atoms with E-state index < -0.39 is 11.6 Å². The van der Waals surface area contributed by atoms with E-state index in [4.69, 9.17) is 9.47 Å². The largest absolute Gasteiger partial charge is 0.496 e. The number of methoxy groups -OCH3 is 1. The second kappa shape index (κ2) is 7.93. The highest BCUT2D eigenvalue weighted by molar-refractivity contribution is 5.65. The van der Waals surface area contributed by atoms with Gasteiger partial charge in [-0.25, -0.2) is 13.8 Å². The van der Waals surface area contributed by atoms with Gasteiger partial charge in [-0.2, -0.15) is 0 Å². The molecular formula is C18H23F2N3O2. The molecule has 2 aromatic rings. The van der Waals surface area contributed by atoms with Gasteiger partial charge in [-0.15, -0.1) is 0 Å². The maximum absolute atomic E-state index is 14.4. The summed E-state index contributed by atoms with van der Waals surface area (Å²) in [7, 11) is 1.44. The van der Waals surface area contributed by atoms with Crippen molar-refractivity contribution in [2.24, 2.45) is 0 Å². The maximum Gasteiger partial charge on any atom is 0.173 e. The van der Waals surface area contributed by atoms with Crippen molar-refractivity contribution in [1.82, 2.24) is 14.5 Å². The Kier molecular flexibility index (Phi) is 5.65. The van der Waals surface area contributed by atoms with Gasteiger partial charge in [0, 0.05) is 38.1 Å². The van der Waals surface area contributed by atoms with Crippen molar-refractivity contribution in [3.63, 3.8) is 0 Å². The molecule has 1 aromatic heterocycles. The van der Waals surface area contributed by atoms with E-state index in [-0.39, 0.29) is 17.4 Å². The topological polar surface area (TPSA) is 39.5 Å². The Hall–Kier alpha value is -1.99. The Labute approximate surface area is 146 Å². The molecule has 1 aliphatic rings. The molecule has 1 saturated heterocycles. The summed E-state index contributed by atoms with van der Waals surface area (Å²) >= 11 is 0. The highest BCUT2D eigenvalue weighted by atomic mass is 19.2. The molecule has 2 heterocycles. The molecule has 0 bridgehead atoms. The van der Waals surface area contributed by atoms with Crippen LogP contribution in [0.2, 0.25) is 0 Å². The number of rotatable bonds is 6. The minimum atomic E-state index is -0.939. The summed E-state index contributed by atoms with van der Waals surface area (Å²) in [5.74, 6) is -1.21. The van der Waals surface area contributed by atoms with Gasteiger partial charge in [0.2, 0.25) is 0 Å². The van der Waals surface area contributed by atoms with Gasteiger partial charge in [-0.1, -0.05) is 6.92 Å². The second-order valence-corrected chi connectivity index (χ2v) is 6.05. The third-order valence-corrected chi connectivity index (χ3v) is 4.66. The van der Waals surface area contributed by atoms with Gasteiger partial charge in [0.15, 0.2) is 11.6 Å². The number of hydrogen-bond donors (Lipinski definition) is 0. The fourth-order valence-electron chi connectivity index (χ4n) is 3.27. The summed E-state index contributed by atoms with van der Waals surface area (Å²) in [6, 6.07) is 2.76. The van der Waals surface area contributed by atoms with E-state index in [0.29, 0.717) is 12.4 Å². The molecule has 0 N–H and O–H groups in total. The van der Waals surface area contributed by atoms with Crippen LogP contribution in [-0.4, -0.2) is 53.9 Å². The Bertz CT molecular complexity index is 714. The number of imidazole rings is 1. The molecule has 3 rings (SSSR count). The van der Waals surface area contributed by atoms with Gasteiger partial charge in [-0.3, -0.25) is 4.90 Å². The van der Waals surface area contributed by atoms with Crippen molar-refractivity contribution in [1.29, 1.82) is 0 Å². The Morgan fingerprint density at radius 2 is 2.04 bits per heavy atom. The Morgan fingerprint density at radius 1 is 1.28 bits per heavy atom. The highest BCUT2D eigenvalue weighted by Crippen LogP contribution is 2.33. The van der Waals surface area contributed by atoms with E-state index in [1.165, 1.54) is 13.2 Å². The van der Waals surface area contributed by atoms with Crippen LogP contribution in [0, 0.1) is 11.6 Å². The molecular weight excluding hydrogens is 328 g/mol. The first-order valence-electron chi connectivity index (χ1n) is 8.51. The summed E-state index contributed by atoms with van der Waals surface area (Å²) < 4.78 is 40.7. The van der Waals surface area contributed by atoms with Gasteiger partial charge < -0.3 is 14.0 Å². The van der Waals surface area contributed by atoms with E-state index in [2.05, 4.69) is 16.8 Å².